The molecule has 0 saturated carbocycles. The molecule has 0 amide bonds. The van der Waals surface area contributed by atoms with Gasteiger partial charge in [0, 0.05) is 6.61 Å². The van der Waals surface area contributed by atoms with Crippen LogP contribution in [0.15, 0.2) is 12.2 Å². The first-order valence-electron chi connectivity index (χ1n) is 12.6. The molecule has 1 heterocycles. The average Bonchev–Trinajstić information content (AvgIpc) is 3.12. The molecule has 0 aromatic heterocycles. The van der Waals surface area contributed by atoms with Gasteiger partial charge in [-0.3, -0.25) is 0 Å². The lowest BCUT2D eigenvalue weighted by molar-refractivity contribution is -0.0938. The van der Waals surface area contributed by atoms with E-state index in [9.17, 15) is 10.2 Å². The van der Waals surface area contributed by atoms with Gasteiger partial charge in [0.2, 0.25) is 0 Å². The molecule has 30 heavy (non-hydrogen) atoms. The quantitative estimate of drug-likeness (QED) is 0.190. The van der Waals surface area contributed by atoms with Crippen molar-refractivity contribution in [2.24, 2.45) is 0 Å². The lowest BCUT2D eigenvalue weighted by Gasteiger charge is -2.23. The average molecular weight is 429 g/mol. The second-order valence-electron chi connectivity index (χ2n) is 8.74. The van der Waals surface area contributed by atoms with E-state index in [1.54, 1.807) is 0 Å². The molecule has 0 aliphatic carbocycles. The predicted molar refractivity (Wildman–Crippen MR) is 123 cm³/mol. The highest BCUT2D eigenvalue weighted by Gasteiger charge is 2.40. The summed E-state index contributed by atoms with van der Waals surface area (Å²) in [6.45, 7) is 2.59. The molecule has 0 bridgehead atoms. The van der Waals surface area contributed by atoms with Crippen LogP contribution in [0.5, 0.6) is 0 Å². The molecule has 1 fully saturated rings. The topological polar surface area (TPSA) is 79.2 Å². The maximum atomic E-state index is 9.90. The molecular weight excluding hydrogens is 380 g/mol. The SMILES string of the molecule is CCCCCCCCCCC/C=C/CCCCCCO[C@H]1[C@@H]([C@@H](O)CO)OC[C@H]1O. The Hall–Kier alpha value is -0.460. The summed E-state index contributed by atoms with van der Waals surface area (Å²) < 4.78 is 11.0. The Morgan fingerprint density at radius 2 is 1.40 bits per heavy atom. The monoisotopic (exact) mass is 428 g/mol. The summed E-state index contributed by atoms with van der Waals surface area (Å²) in [5, 5.41) is 28.7. The number of unbranched alkanes of at least 4 members (excludes halogenated alkanes) is 13. The summed E-state index contributed by atoms with van der Waals surface area (Å²) in [4.78, 5) is 0. The summed E-state index contributed by atoms with van der Waals surface area (Å²) in [6, 6.07) is 0. The summed E-state index contributed by atoms with van der Waals surface area (Å²) in [5.41, 5.74) is 0. The summed E-state index contributed by atoms with van der Waals surface area (Å²) in [6.07, 6.45) is 21.0. The number of aliphatic hydroxyl groups is 3. The Kier molecular flexibility index (Phi) is 17.7. The molecule has 0 unspecified atom stereocenters. The fraction of sp³-hybridized carbons (Fsp3) is 0.920. The van der Waals surface area contributed by atoms with Crippen molar-refractivity contribution < 1.29 is 24.8 Å². The van der Waals surface area contributed by atoms with Crippen LogP contribution in [0.4, 0.5) is 0 Å². The van der Waals surface area contributed by atoms with Crippen LogP contribution in [0, 0.1) is 0 Å². The number of hydrogen-bond donors (Lipinski definition) is 3. The summed E-state index contributed by atoms with van der Waals surface area (Å²) in [7, 11) is 0. The van der Waals surface area contributed by atoms with Crippen molar-refractivity contribution in [2.45, 2.75) is 128 Å². The maximum Gasteiger partial charge on any atom is 0.114 e. The molecule has 1 aliphatic rings. The Bertz CT molecular complexity index is 401. The third-order valence-electron chi connectivity index (χ3n) is 5.95. The van der Waals surface area contributed by atoms with Gasteiger partial charge in [0.1, 0.15) is 24.4 Å². The first kappa shape index (κ1) is 27.6. The minimum Gasteiger partial charge on any atom is -0.394 e. The number of ether oxygens (including phenoxy) is 2. The molecule has 1 saturated heterocycles. The number of aliphatic hydroxyl groups excluding tert-OH is 3. The van der Waals surface area contributed by atoms with Gasteiger partial charge in [0.25, 0.3) is 0 Å². The van der Waals surface area contributed by atoms with Crippen LogP contribution in [-0.4, -0.2) is 59.6 Å². The van der Waals surface area contributed by atoms with Crippen LogP contribution < -0.4 is 0 Å². The predicted octanol–water partition coefficient (Wildman–Crippen LogP) is 4.91. The molecule has 178 valence electrons. The van der Waals surface area contributed by atoms with Crippen LogP contribution >= 0.6 is 0 Å². The van der Waals surface area contributed by atoms with Crippen molar-refractivity contribution in [3.63, 3.8) is 0 Å². The van der Waals surface area contributed by atoms with E-state index in [-0.39, 0.29) is 13.2 Å². The van der Waals surface area contributed by atoms with Gasteiger partial charge in [-0.25, -0.2) is 0 Å². The zero-order chi connectivity index (χ0) is 21.9. The van der Waals surface area contributed by atoms with E-state index in [1.807, 2.05) is 0 Å². The first-order valence-corrected chi connectivity index (χ1v) is 12.6. The largest absolute Gasteiger partial charge is 0.394 e. The lowest BCUT2D eigenvalue weighted by atomic mass is 10.1. The van der Waals surface area contributed by atoms with E-state index < -0.39 is 24.4 Å². The third kappa shape index (κ3) is 13.1. The Balaban J connectivity index is 1.86. The van der Waals surface area contributed by atoms with Crippen LogP contribution in [0.1, 0.15) is 103 Å². The fourth-order valence-corrected chi connectivity index (χ4v) is 4.00. The molecule has 0 aromatic carbocycles. The van der Waals surface area contributed by atoms with E-state index in [0.717, 1.165) is 19.3 Å². The third-order valence-corrected chi connectivity index (χ3v) is 5.95. The fourth-order valence-electron chi connectivity index (χ4n) is 4.00. The highest BCUT2D eigenvalue weighted by atomic mass is 16.6. The van der Waals surface area contributed by atoms with E-state index in [1.165, 1.54) is 77.0 Å². The minimum atomic E-state index is -1.01. The molecule has 0 radical (unpaired) electrons. The molecule has 1 rings (SSSR count). The van der Waals surface area contributed by atoms with E-state index in [0.29, 0.717) is 6.61 Å². The Morgan fingerprint density at radius 1 is 0.867 bits per heavy atom. The maximum absolute atomic E-state index is 9.90. The summed E-state index contributed by atoms with van der Waals surface area (Å²) >= 11 is 0. The van der Waals surface area contributed by atoms with E-state index in [2.05, 4.69) is 19.1 Å². The Morgan fingerprint density at radius 3 is 1.97 bits per heavy atom. The van der Waals surface area contributed by atoms with Gasteiger partial charge < -0.3 is 24.8 Å². The van der Waals surface area contributed by atoms with Gasteiger partial charge >= 0.3 is 0 Å². The van der Waals surface area contributed by atoms with Crippen molar-refractivity contribution in [1.29, 1.82) is 0 Å². The van der Waals surface area contributed by atoms with E-state index >= 15 is 0 Å². The van der Waals surface area contributed by atoms with Crippen LogP contribution in [0.3, 0.4) is 0 Å². The van der Waals surface area contributed by atoms with Gasteiger partial charge in [0.05, 0.1) is 13.2 Å². The molecule has 1 aliphatic heterocycles. The van der Waals surface area contributed by atoms with Crippen molar-refractivity contribution in [3.8, 4) is 0 Å². The zero-order valence-electron chi connectivity index (χ0n) is 19.4. The van der Waals surface area contributed by atoms with Crippen LogP contribution in [-0.2, 0) is 9.47 Å². The standard InChI is InChI=1S/C25H48O5/c1-2-3-4-5-6-7-8-9-10-11-12-13-14-15-16-17-18-19-29-25-23(28)21-30-24(25)22(27)20-26/h12-13,22-28H,2-11,14-21H2,1H3/b13-12+/t22-,23+,24+,25+/m0/s1. The number of hydrogen-bond acceptors (Lipinski definition) is 5. The Labute approximate surface area is 184 Å². The molecule has 0 spiro atoms. The lowest BCUT2D eigenvalue weighted by Crippen LogP contribution is -2.42. The molecule has 5 nitrogen and oxygen atoms in total. The van der Waals surface area contributed by atoms with Crippen molar-refractivity contribution in [1.82, 2.24) is 0 Å². The van der Waals surface area contributed by atoms with Gasteiger partial charge in [-0.15, -0.1) is 0 Å². The summed E-state index contributed by atoms with van der Waals surface area (Å²) in [5.74, 6) is 0. The number of rotatable bonds is 20. The van der Waals surface area contributed by atoms with Crippen molar-refractivity contribution >= 4 is 0 Å². The van der Waals surface area contributed by atoms with Crippen LogP contribution in [0.25, 0.3) is 0 Å². The molecule has 0 aromatic rings. The molecule has 4 atom stereocenters. The second-order valence-corrected chi connectivity index (χ2v) is 8.74. The molecule has 3 N–H and O–H groups in total. The van der Waals surface area contributed by atoms with Crippen molar-refractivity contribution in [2.75, 3.05) is 19.8 Å². The smallest absolute Gasteiger partial charge is 0.114 e. The second kappa shape index (κ2) is 19.2. The first-order chi connectivity index (χ1) is 14.7. The zero-order valence-corrected chi connectivity index (χ0v) is 19.4. The normalized spacial score (nSPS) is 22.9. The van der Waals surface area contributed by atoms with E-state index in [4.69, 9.17) is 14.6 Å². The van der Waals surface area contributed by atoms with Gasteiger partial charge in [-0.05, 0) is 32.1 Å². The number of allylic oxidation sites excluding steroid dienone is 2. The van der Waals surface area contributed by atoms with Crippen LogP contribution in [0.2, 0.25) is 0 Å². The minimum absolute atomic E-state index is 0.151. The highest BCUT2D eigenvalue weighted by Crippen LogP contribution is 2.21. The highest BCUT2D eigenvalue weighted by molar-refractivity contribution is 4.89. The van der Waals surface area contributed by atoms with Gasteiger partial charge in [-0.2, -0.15) is 0 Å². The van der Waals surface area contributed by atoms with Crippen molar-refractivity contribution in [3.05, 3.63) is 12.2 Å². The van der Waals surface area contributed by atoms with Gasteiger partial charge in [-0.1, -0.05) is 83.3 Å². The molecular formula is C25H48O5. The molecule has 5 heteroatoms. The van der Waals surface area contributed by atoms with Gasteiger partial charge in [0.15, 0.2) is 0 Å².